The number of aromatic nitrogens is 3. The summed E-state index contributed by atoms with van der Waals surface area (Å²) < 4.78 is 0. The first kappa shape index (κ1) is 12.8. The molecule has 0 aromatic carbocycles. The lowest BCUT2D eigenvalue weighted by Crippen LogP contribution is -2.29. The van der Waals surface area contributed by atoms with Crippen molar-refractivity contribution < 1.29 is 0 Å². The molecule has 7 heteroatoms. The largest absolute Gasteiger partial charge is 0.388 e. The fraction of sp³-hybridized carbons (Fsp3) is 0.273. The predicted octanol–water partition coefficient (Wildman–Crippen LogP) is 1.91. The van der Waals surface area contributed by atoms with Gasteiger partial charge in [0, 0.05) is 17.8 Å². The van der Waals surface area contributed by atoms with Gasteiger partial charge in [0.2, 0.25) is 5.95 Å². The van der Waals surface area contributed by atoms with Gasteiger partial charge in [-0.3, -0.25) is 0 Å². The van der Waals surface area contributed by atoms with Crippen molar-refractivity contribution in [1.82, 2.24) is 15.0 Å². The van der Waals surface area contributed by atoms with Gasteiger partial charge in [-0.05, 0) is 19.9 Å². The fourth-order valence-corrected chi connectivity index (χ4v) is 2.25. The van der Waals surface area contributed by atoms with Crippen LogP contribution in [0.15, 0.2) is 23.8 Å². The summed E-state index contributed by atoms with van der Waals surface area (Å²) in [6.07, 6.45) is 3.40. The number of thiocarbonyl (C=S) groups is 1. The third-order valence-electron chi connectivity index (χ3n) is 2.30. The van der Waals surface area contributed by atoms with Crippen molar-refractivity contribution in [1.29, 1.82) is 0 Å². The van der Waals surface area contributed by atoms with Crippen LogP contribution in [0, 0.1) is 0 Å². The Labute approximate surface area is 114 Å². The summed E-state index contributed by atoms with van der Waals surface area (Å²) in [5, 5.41) is 6.13. The van der Waals surface area contributed by atoms with E-state index in [1.54, 1.807) is 29.8 Å². The number of nitrogens with two attached hydrogens (primary N) is 1. The molecule has 18 heavy (non-hydrogen) atoms. The van der Waals surface area contributed by atoms with Crippen LogP contribution in [-0.4, -0.2) is 19.9 Å². The summed E-state index contributed by atoms with van der Waals surface area (Å²) in [6.45, 7) is 4.03. The standard InChI is InChI=1S/C11H13N5S2/c1-11(2,9-13-5-6-18-9)16-10-14-4-3-7(15-10)8(12)17/h3-6H,1-2H3,(H2,12,17)(H,14,15,16). The Morgan fingerprint density at radius 1 is 1.39 bits per heavy atom. The summed E-state index contributed by atoms with van der Waals surface area (Å²) in [6, 6.07) is 1.68. The number of thiazole rings is 1. The highest BCUT2D eigenvalue weighted by molar-refractivity contribution is 7.80. The number of hydrogen-bond donors (Lipinski definition) is 2. The monoisotopic (exact) mass is 279 g/mol. The van der Waals surface area contributed by atoms with E-state index in [0.717, 1.165) is 5.01 Å². The van der Waals surface area contributed by atoms with Crippen molar-refractivity contribution in [2.75, 3.05) is 5.32 Å². The van der Waals surface area contributed by atoms with Gasteiger partial charge in [-0.2, -0.15) is 0 Å². The van der Waals surface area contributed by atoms with E-state index in [0.29, 0.717) is 11.6 Å². The van der Waals surface area contributed by atoms with Crippen LogP contribution in [0.4, 0.5) is 5.95 Å². The Morgan fingerprint density at radius 3 is 2.78 bits per heavy atom. The maximum absolute atomic E-state index is 5.54. The molecule has 0 unspecified atom stereocenters. The van der Waals surface area contributed by atoms with E-state index in [9.17, 15) is 0 Å². The molecule has 0 atom stereocenters. The molecule has 0 fully saturated rings. The van der Waals surface area contributed by atoms with Gasteiger partial charge in [-0.25, -0.2) is 15.0 Å². The Balaban J connectivity index is 2.24. The summed E-state index contributed by atoms with van der Waals surface area (Å²) in [7, 11) is 0. The topological polar surface area (TPSA) is 76.7 Å². The number of nitrogens with zero attached hydrogens (tertiary/aromatic N) is 3. The summed E-state index contributed by atoms with van der Waals surface area (Å²) in [5.41, 5.74) is 5.75. The fourth-order valence-electron chi connectivity index (χ4n) is 1.42. The molecule has 0 aliphatic carbocycles. The van der Waals surface area contributed by atoms with Crippen molar-refractivity contribution >= 4 is 34.5 Å². The van der Waals surface area contributed by atoms with Crippen LogP contribution in [0.25, 0.3) is 0 Å². The molecule has 5 nitrogen and oxygen atoms in total. The molecule has 3 N–H and O–H groups in total. The first-order valence-electron chi connectivity index (χ1n) is 5.30. The van der Waals surface area contributed by atoms with E-state index in [-0.39, 0.29) is 10.5 Å². The summed E-state index contributed by atoms with van der Waals surface area (Å²) >= 11 is 6.47. The molecule has 2 rings (SSSR count). The SMILES string of the molecule is CC(C)(Nc1nccc(C(N)=S)n1)c1nccs1. The molecule has 0 saturated carbocycles. The molecular weight excluding hydrogens is 266 g/mol. The summed E-state index contributed by atoms with van der Waals surface area (Å²) in [5.74, 6) is 0.487. The van der Waals surface area contributed by atoms with Gasteiger partial charge in [-0.15, -0.1) is 11.3 Å². The van der Waals surface area contributed by atoms with Crippen molar-refractivity contribution in [3.8, 4) is 0 Å². The molecule has 0 aliphatic rings. The molecule has 0 radical (unpaired) electrons. The Hall–Kier alpha value is -1.60. The van der Waals surface area contributed by atoms with Gasteiger partial charge < -0.3 is 11.1 Å². The normalized spacial score (nSPS) is 11.2. The molecule has 94 valence electrons. The minimum atomic E-state index is -0.344. The first-order chi connectivity index (χ1) is 8.49. The number of nitrogens with one attached hydrogen (secondary N) is 1. The zero-order valence-corrected chi connectivity index (χ0v) is 11.7. The lowest BCUT2D eigenvalue weighted by atomic mass is 10.1. The minimum absolute atomic E-state index is 0.257. The van der Waals surface area contributed by atoms with Crippen LogP contribution in [-0.2, 0) is 5.54 Å². The average molecular weight is 279 g/mol. The van der Waals surface area contributed by atoms with E-state index >= 15 is 0 Å². The molecule has 2 aromatic heterocycles. The second kappa shape index (κ2) is 4.95. The van der Waals surface area contributed by atoms with E-state index < -0.39 is 0 Å². The average Bonchev–Trinajstić information content (AvgIpc) is 2.82. The maximum Gasteiger partial charge on any atom is 0.224 e. The molecule has 0 spiro atoms. The highest BCUT2D eigenvalue weighted by Gasteiger charge is 2.24. The van der Waals surface area contributed by atoms with Gasteiger partial charge in [0.25, 0.3) is 0 Å². The maximum atomic E-state index is 5.54. The van der Waals surface area contributed by atoms with Crippen molar-refractivity contribution in [3.05, 3.63) is 34.5 Å². The van der Waals surface area contributed by atoms with Gasteiger partial charge in [-0.1, -0.05) is 12.2 Å². The van der Waals surface area contributed by atoms with Crippen molar-refractivity contribution in [2.24, 2.45) is 5.73 Å². The minimum Gasteiger partial charge on any atom is -0.388 e. The molecule has 2 aromatic rings. The number of hydrogen-bond acceptors (Lipinski definition) is 6. The highest BCUT2D eigenvalue weighted by Crippen LogP contribution is 2.25. The van der Waals surface area contributed by atoms with Crippen LogP contribution >= 0.6 is 23.6 Å². The molecule has 0 bridgehead atoms. The van der Waals surface area contributed by atoms with Gasteiger partial charge in [0.15, 0.2) is 0 Å². The van der Waals surface area contributed by atoms with Gasteiger partial charge in [0.05, 0.1) is 5.54 Å². The third-order valence-corrected chi connectivity index (χ3v) is 3.61. The zero-order valence-electron chi connectivity index (χ0n) is 10.0. The Bertz CT molecular complexity index is 550. The van der Waals surface area contributed by atoms with Gasteiger partial charge in [0.1, 0.15) is 15.7 Å². The molecule has 0 saturated heterocycles. The first-order valence-corrected chi connectivity index (χ1v) is 6.59. The van der Waals surface area contributed by atoms with Crippen LogP contribution in [0.2, 0.25) is 0 Å². The Morgan fingerprint density at radius 2 is 2.17 bits per heavy atom. The lowest BCUT2D eigenvalue weighted by Gasteiger charge is -2.23. The van der Waals surface area contributed by atoms with Crippen LogP contribution in [0.5, 0.6) is 0 Å². The summed E-state index contributed by atoms with van der Waals surface area (Å²) in [4.78, 5) is 13.0. The zero-order chi connectivity index (χ0) is 13.2. The van der Waals surface area contributed by atoms with Crippen LogP contribution in [0.1, 0.15) is 24.5 Å². The molecule has 0 aliphatic heterocycles. The highest BCUT2D eigenvalue weighted by atomic mass is 32.1. The van der Waals surface area contributed by atoms with E-state index in [1.807, 2.05) is 19.2 Å². The smallest absolute Gasteiger partial charge is 0.224 e. The van der Waals surface area contributed by atoms with Crippen LogP contribution in [0.3, 0.4) is 0 Å². The second-order valence-corrected chi connectivity index (χ2v) is 5.55. The van der Waals surface area contributed by atoms with E-state index in [1.165, 1.54) is 0 Å². The molecule has 0 amide bonds. The van der Waals surface area contributed by atoms with Crippen molar-refractivity contribution in [2.45, 2.75) is 19.4 Å². The predicted molar refractivity (Wildman–Crippen MR) is 76.7 cm³/mol. The van der Waals surface area contributed by atoms with E-state index in [2.05, 4.69) is 20.3 Å². The Kier molecular flexibility index (Phi) is 3.53. The number of anilines is 1. The van der Waals surface area contributed by atoms with E-state index in [4.69, 9.17) is 18.0 Å². The molecule has 2 heterocycles. The van der Waals surface area contributed by atoms with Crippen molar-refractivity contribution in [3.63, 3.8) is 0 Å². The third kappa shape index (κ3) is 2.80. The second-order valence-electron chi connectivity index (χ2n) is 4.22. The van der Waals surface area contributed by atoms with Gasteiger partial charge >= 0.3 is 0 Å². The number of rotatable bonds is 4. The lowest BCUT2D eigenvalue weighted by molar-refractivity contribution is 0.596. The quantitative estimate of drug-likeness (QED) is 0.833. The molecular formula is C11H13N5S2. The van der Waals surface area contributed by atoms with Crippen LogP contribution < -0.4 is 11.1 Å².